The summed E-state index contributed by atoms with van der Waals surface area (Å²) >= 11 is 1.74. The molecule has 2 aromatic heterocycles. The van der Waals surface area contributed by atoms with E-state index in [0.717, 1.165) is 76.3 Å². The Morgan fingerprint density at radius 3 is 2.55 bits per heavy atom. The second-order valence-electron chi connectivity index (χ2n) is 8.15. The molecule has 2 fully saturated rings. The molecule has 4 rings (SSSR count). The zero-order valence-electron chi connectivity index (χ0n) is 18.5. The highest BCUT2D eigenvalue weighted by atomic mass is 32.1. The van der Waals surface area contributed by atoms with Gasteiger partial charge in [-0.05, 0) is 31.2 Å². The van der Waals surface area contributed by atoms with Crippen molar-refractivity contribution in [2.45, 2.75) is 32.9 Å². The predicted molar refractivity (Wildman–Crippen MR) is 122 cm³/mol. The summed E-state index contributed by atoms with van der Waals surface area (Å²) in [6.45, 7) is 8.97. The van der Waals surface area contributed by atoms with E-state index in [1.165, 1.54) is 4.88 Å². The summed E-state index contributed by atoms with van der Waals surface area (Å²) in [6.07, 6.45) is 2.28. The number of rotatable bonds is 6. The fourth-order valence-electron chi connectivity index (χ4n) is 3.96. The van der Waals surface area contributed by atoms with Gasteiger partial charge in [0.15, 0.2) is 11.8 Å². The maximum absolute atomic E-state index is 12.5. The monoisotopic (exact) mass is 444 g/mol. The van der Waals surface area contributed by atoms with Crippen LogP contribution in [0.1, 0.15) is 29.4 Å². The Bertz CT molecular complexity index is 879. The molecule has 2 saturated heterocycles. The molecule has 0 saturated carbocycles. The van der Waals surface area contributed by atoms with Gasteiger partial charge < -0.3 is 19.7 Å². The number of aryl methyl sites for hydroxylation is 1. The van der Waals surface area contributed by atoms with Crippen LogP contribution >= 0.6 is 11.3 Å². The number of aromatic nitrogens is 3. The highest BCUT2D eigenvalue weighted by Gasteiger charge is 2.24. The van der Waals surface area contributed by atoms with Gasteiger partial charge in [0, 0.05) is 51.2 Å². The van der Waals surface area contributed by atoms with Crippen molar-refractivity contribution in [3.8, 4) is 0 Å². The number of hydrogen-bond donors (Lipinski definition) is 1. The largest absolute Gasteiger partial charge is 0.351 e. The minimum absolute atomic E-state index is 0.272. The molecule has 0 aliphatic carbocycles. The molecular formula is C21H32N8OS. The predicted octanol–water partition coefficient (Wildman–Crippen LogP) is 1.07. The number of thiophene rings is 1. The Morgan fingerprint density at radius 1 is 1.13 bits per heavy atom. The van der Waals surface area contributed by atoms with Crippen molar-refractivity contribution < 1.29 is 4.79 Å². The van der Waals surface area contributed by atoms with E-state index in [1.807, 2.05) is 23.4 Å². The smallest absolute Gasteiger partial charge is 0.236 e. The molecular weight excluding hydrogens is 412 g/mol. The topological polar surface area (TPSA) is 81.9 Å². The van der Waals surface area contributed by atoms with Crippen LogP contribution in [0.4, 0.5) is 0 Å². The molecule has 0 atom stereocenters. The summed E-state index contributed by atoms with van der Waals surface area (Å²) in [4.78, 5) is 25.2. The fraction of sp³-hybridized carbons (Fsp3) is 0.619. The Hall–Kier alpha value is -2.46. The Balaban J connectivity index is 1.36. The standard InChI is InChI=1S/C21H32N8OS/c1-17-24-25-19(26(17)2)15-23-21(22-14-18-6-5-13-31-18)29-11-9-27(10-12-29)16-20(30)28-7-3-4-8-28/h5-6,13H,3-4,7-12,14-16H2,1-2H3,(H,22,23). The lowest BCUT2D eigenvalue weighted by Gasteiger charge is -2.36. The third-order valence-electron chi connectivity index (χ3n) is 6.04. The number of nitrogens with zero attached hydrogens (tertiary/aromatic N) is 7. The van der Waals surface area contributed by atoms with E-state index in [2.05, 4.69) is 42.8 Å². The maximum Gasteiger partial charge on any atom is 0.236 e. The number of likely N-dealkylation sites (tertiary alicyclic amines) is 1. The number of carbonyl (C=O) groups excluding carboxylic acids is 1. The van der Waals surface area contributed by atoms with Gasteiger partial charge in [-0.2, -0.15) is 0 Å². The molecule has 2 aliphatic rings. The van der Waals surface area contributed by atoms with E-state index in [1.54, 1.807) is 11.3 Å². The second kappa shape index (κ2) is 10.2. The van der Waals surface area contributed by atoms with Crippen molar-refractivity contribution in [3.63, 3.8) is 0 Å². The Morgan fingerprint density at radius 2 is 1.90 bits per heavy atom. The molecule has 2 aromatic rings. The zero-order valence-corrected chi connectivity index (χ0v) is 19.3. The maximum atomic E-state index is 12.5. The number of aliphatic imine (C=N–C) groups is 1. The molecule has 4 heterocycles. The molecule has 1 N–H and O–H groups in total. The van der Waals surface area contributed by atoms with E-state index in [-0.39, 0.29) is 5.91 Å². The minimum atomic E-state index is 0.272. The lowest BCUT2D eigenvalue weighted by Crippen LogP contribution is -2.54. The van der Waals surface area contributed by atoms with Gasteiger partial charge >= 0.3 is 0 Å². The van der Waals surface area contributed by atoms with Crippen molar-refractivity contribution in [2.24, 2.45) is 12.0 Å². The summed E-state index contributed by atoms with van der Waals surface area (Å²) in [7, 11) is 1.97. The normalized spacial score (nSPS) is 18.1. The number of nitrogens with one attached hydrogen (secondary N) is 1. The molecule has 1 amide bonds. The highest BCUT2D eigenvalue weighted by Crippen LogP contribution is 2.11. The van der Waals surface area contributed by atoms with Gasteiger partial charge in [0.2, 0.25) is 5.91 Å². The zero-order chi connectivity index (χ0) is 21.6. The van der Waals surface area contributed by atoms with E-state index in [9.17, 15) is 4.79 Å². The lowest BCUT2D eigenvalue weighted by atomic mass is 10.3. The van der Waals surface area contributed by atoms with Gasteiger partial charge in [-0.15, -0.1) is 21.5 Å². The molecule has 168 valence electrons. The average Bonchev–Trinajstić information content (AvgIpc) is 3.54. The van der Waals surface area contributed by atoms with E-state index >= 15 is 0 Å². The van der Waals surface area contributed by atoms with Gasteiger partial charge in [0.25, 0.3) is 0 Å². The molecule has 0 bridgehead atoms. The van der Waals surface area contributed by atoms with Crippen LogP contribution in [-0.2, 0) is 24.9 Å². The first kappa shape index (κ1) is 21.8. The van der Waals surface area contributed by atoms with Gasteiger partial charge in [0.05, 0.1) is 13.1 Å². The number of piperazine rings is 1. The molecule has 31 heavy (non-hydrogen) atoms. The summed E-state index contributed by atoms with van der Waals surface area (Å²) in [5.41, 5.74) is 0. The number of guanidine groups is 1. The molecule has 10 heteroatoms. The number of hydrogen-bond acceptors (Lipinski definition) is 6. The van der Waals surface area contributed by atoms with Crippen LogP contribution < -0.4 is 5.32 Å². The molecule has 0 radical (unpaired) electrons. The van der Waals surface area contributed by atoms with Crippen molar-refractivity contribution in [3.05, 3.63) is 34.0 Å². The number of amides is 1. The Labute approximate surface area is 187 Å². The average molecular weight is 445 g/mol. The Kier molecular flexibility index (Phi) is 7.18. The van der Waals surface area contributed by atoms with E-state index in [0.29, 0.717) is 13.1 Å². The number of carbonyl (C=O) groups is 1. The van der Waals surface area contributed by atoms with Crippen molar-refractivity contribution in [2.75, 3.05) is 45.8 Å². The molecule has 2 aliphatic heterocycles. The van der Waals surface area contributed by atoms with Crippen LogP contribution in [0.15, 0.2) is 22.5 Å². The van der Waals surface area contributed by atoms with Gasteiger partial charge in [-0.3, -0.25) is 9.69 Å². The summed E-state index contributed by atoms with van der Waals surface area (Å²) in [6, 6.07) is 4.19. The molecule has 0 spiro atoms. The van der Waals surface area contributed by atoms with Gasteiger partial charge in [0.1, 0.15) is 12.4 Å². The van der Waals surface area contributed by atoms with E-state index < -0.39 is 0 Å². The first-order valence-electron chi connectivity index (χ1n) is 11.0. The van der Waals surface area contributed by atoms with Crippen LogP contribution in [0.5, 0.6) is 0 Å². The summed E-state index contributed by atoms with van der Waals surface area (Å²) in [5, 5.41) is 14.0. The summed E-state index contributed by atoms with van der Waals surface area (Å²) in [5.74, 6) is 2.89. The van der Waals surface area contributed by atoms with Crippen LogP contribution in [-0.4, -0.2) is 87.1 Å². The first-order valence-corrected chi connectivity index (χ1v) is 11.9. The van der Waals surface area contributed by atoms with Gasteiger partial charge in [-0.25, -0.2) is 4.99 Å². The molecule has 0 unspecified atom stereocenters. The third kappa shape index (κ3) is 5.62. The van der Waals surface area contributed by atoms with Crippen molar-refractivity contribution >= 4 is 23.2 Å². The van der Waals surface area contributed by atoms with Crippen molar-refractivity contribution in [1.82, 2.24) is 34.8 Å². The quantitative estimate of drug-likeness (QED) is 0.530. The molecule has 0 aromatic carbocycles. The summed E-state index contributed by atoms with van der Waals surface area (Å²) < 4.78 is 1.97. The van der Waals surface area contributed by atoms with E-state index in [4.69, 9.17) is 4.99 Å². The molecule has 9 nitrogen and oxygen atoms in total. The van der Waals surface area contributed by atoms with Crippen LogP contribution in [0, 0.1) is 6.92 Å². The van der Waals surface area contributed by atoms with Crippen LogP contribution in [0.25, 0.3) is 0 Å². The van der Waals surface area contributed by atoms with Crippen LogP contribution in [0.2, 0.25) is 0 Å². The fourth-order valence-corrected chi connectivity index (χ4v) is 4.60. The first-order chi connectivity index (χ1) is 15.1. The second-order valence-corrected chi connectivity index (χ2v) is 9.18. The van der Waals surface area contributed by atoms with Gasteiger partial charge in [-0.1, -0.05) is 6.07 Å². The van der Waals surface area contributed by atoms with Crippen LogP contribution in [0.3, 0.4) is 0 Å². The lowest BCUT2D eigenvalue weighted by molar-refractivity contribution is -0.131. The third-order valence-corrected chi connectivity index (χ3v) is 6.92. The van der Waals surface area contributed by atoms with Crippen molar-refractivity contribution in [1.29, 1.82) is 0 Å². The minimum Gasteiger partial charge on any atom is -0.351 e. The SMILES string of the molecule is Cc1nnc(CN=C(NCc2cccs2)N2CCN(CC(=O)N3CCCC3)CC2)n1C. The highest BCUT2D eigenvalue weighted by molar-refractivity contribution is 7.09.